The molecule has 25 heavy (non-hydrogen) atoms. The van der Waals surface area contributed by atoms with E-state index in [1.807, 2.05) is 39.3 Å². The standard InChI is InChI=1S/C18H28O5Si2/c1-8-9-12-21-16-13-14(17(19)22-24(2,3)4)10-11-15(16)18(20)23-25(5,6)7/h8,10-11,13H,1,9,12H2,2-7H3. The molecule has 1 aromatic carbocycles. The molecule has 5 nitrogen and oxygen atoms in total. The molecule has 0 aliphatic rings. The number of hydrogen-bond donors (Lipinski definition) is 0. The monoisotopic (exact) mass is 380 g/mol. The van der Waals surface area contributed by atoms with E-state index in [-0.39, 0.29) is 0 Å². The Hall–Kier alpha value is -1.87. The molecule has 0 heterocycles. The van der Waals surface area contributed by atoms with Crippen molar-refractivity contribution in [2.24, 2.45) is 0 Å². The Morgan fingerprint density at radius 2 is 1.56 bits per heavy atom. The number of hydrogen-bond acceptors (Lipinski definition) is 5. The highest BCUT2D eigenvalue weighted by Gasteiger charge is 2.26. The summed E-state index contributed by atoms with van der Waals surface area (Å²) >= 11 is 0. The van der Waals surface area contributed by atoms with Crippen LogP contribution in [0.2, 0.25) is 39.3 Å². The fourth-order valence-electron chi connectivity index (χ4n) is 1.86. The largest absolute Gasteiger partial charge is 0.516 e. The average molecular weight is 381 g/mol. The number of ether oxygens (including phenoxy) is 1. The van der Waals surface area contributed by atoms with Gasteiger partial charge >= 0.3 is 11.9 Å². The molecule has 0 aromatic heterocycles. The van der Waals surface area contributed by atoms with Crippen molar-refractivity contribution in [1.29, 1.82) is 0 Å². The Morgan fingerprint density at radius 1 is 1.00 bits per heavy atom. The van der Waals surface area contributed by atoms with E-state index in [1.165, 1.54) is 0 Å². The zero-order valence-corrected chi connectivity index (χ0v) is 18.0. The summed E-state index contributed by atoms with van der Waals surface area (Å²) in [5.74, 6) is -0.508. The number of carbonyl (C=O) groups is 2. The van der Waals surface area contributed by atoms with Crippen molar-refractivity contribution in [2.45, 2.75) is 45.7 Å². The molecule has 1 aromatic rings. The quantitative estimate of drug-likeness (QED) is 0.374. The number of rotatable bonds is 8. The molecule has 0 atom stereocenters. The maximum atomic E-state index is 12.4. The third-order valence-corrected chi connectivity index (χ3v) is 4.41. The lowest BCUT2D eigenvalue weighted by Gasteiger charge is -2.20. The molecular weight excluding hydrogens is 352 g/mol. The highest BCUT2D eigenvalue weighted by molar-refractivity contribution is 6.71. The molecule has 0 saturated heterocycles. The van der Waals surface area contributed by atoms with E-state index in [0.717, 1.165) is 0 Å². The molecule has 0 radical (unpaired) electrons. The van der Waals surface area contributed by atoms with Gasteiger partial charge in [0, 0.05) is 0 Å². The lowest BCUT2D eigenvalue weighted by molar-refractivity contribution is 0.0705. The third kappa shape index (κ3) is 7.70. The lowest BCUT2D eigenvalue weighted by atomic mass is 10.1. The van der Waals surface area contributed by atoms with Crippen molar-refractivity contribution < 1.29 is 23.2 Å². The topological polar surface area (TPSA) is 61.8 Å². The molecule has 1 rings (SSSR count). The van der Waals surface area contributed by atoms with Gasteiger partial charge in [-0.25, -0.2) is 9.59 Å². The minimum atomic E-state index is -2.04. The highest BCUT2D eigenvalue weighted by Crippen LogP contribution is 2.24. The maximum absolute atomic E-state index is 12.4. The molecule has 0 unspecified atom stereocenters. The van der Waals surface area contributed by atoms with Crippen LogP contribution in [0.4, 0.5) is 0 Å². The molecular formula is C18H28O5Si2. The van der Waals surface area contributed by atoms with Crippen molar-refractivity contribution in [3.8, 4) is 5.75 Å². The van der Waals surface area contributed by atoms with E-state index in [1.54, 1.807) is 24.3 Å². The Kier molecular flexibility index (Phi) is 7.19. The van der Waals surface area contributed by atoms with Crippen LogP contribution in [0.15, 0.2) is 30.9 Å². The van der Waals surface area contributed by atoms with Gasteiger partial charge in [-0.15, -0.1) is 6.58 Å². The summed E-state index contributed by atoms with van der Waals surface area (Å²) in [4.78, 5) is 24.7. The molecule has 0 N–H and O–H groups in total. The Morgan fingerprint density at radius 3 is 2.08 bits per heavy atom. The predicted octanol–water partition coefficient (Wildman–Crippen LogP) is 4.62. The second-order valence-electron chi connectivity index (χ2n) is 7.64. The fraction of sp³-hybridized carbons (Fsp3) is 0.444. The van der Waals surface area contributed by atoms with Crippen LogP contribution >= 0.6 is 0 Å². The average Bonchev–Trinajstić information content (AvgIpc) is 2.43. The van der Waals surface area contributed by atoms with Crippen LogP contribution in [-0.4, -0.2) is 35.2 Å². The van der Waals surface area contributed by atoms with E-state index >= 15 is 0 Å². The van der Waals surface area contributed by atoms with Crippen LogP contribution in [0.25, 0.3) is 0 Å². The molecule has 0 spiro atoms. The Labute approximate surface area is 152 Å². The fourth-order valence-corrected chi connectivity index (χ4v) is 3.20. The molecule has 0 amide bonds. The lowest BCUT2D eigenvalue weighted by Crippen LogP contribution is -2.30. The zero-order chi connectivity index (χ0) is 19.3. The van der Waals surface area contributed by atoms with Crippen LogP contribution < -0.4 is 4.74 Å². The molecule has 0 aliphatic carbocycles. The minimum Gasteiger partial charge on any atom is -0.516 e. The summed E-state index contributed by atoms with van der Waals surface area (Å²) in [5.41, 5.74) is 0.677. The molecule has 7 heteroatoms. The summed E-state index contributed by atoms with van der Waals surface area (Å²) in [5, 5.41) is 0. The first-order valence-corrected chi connectivity index (χ1v) is 15.1. The maximum Gasteiger partial charge on any atom is 0.328 e. The predicted molar refractivity (Wildman–Crippen MR) is 104 cm³/mol. The van der Waals surface area contributed by atoms with Gasteiger partial charge in [-0.1, -0.05) is 6.08 Å². The molecule has 0 saturated carbocycles. The van der Waals surface area contributed by atoms with E-state index in [0.29, 0.717) is 29.9 Å². The van der Waals surface area contributed by atoms with Crippen LogP contribution in [0.1, 0.15) is 27.1 Å². The van der Waals surface area contributed by atoms with E-state index in [2.05, 4.69) is 6.58 Å². The second-order valence-corrected chi connectivity index (χ2v) is 16.5. The number of benzene rings is 1. The van der Waals surface area contributed by atoms with Gasteiger partial charge in [-0.05, 0) is 63.9 Å². The van der Waals surface area contributed by atoms with Gasteiger partial charge in [-0.3, -0.25) is 0 Å². The van der Waals surface area contributed by atoms with Crippen LogP contribution in [0, 0.1) is 0 Å². The third-order valence-electron chi connectivity index (χ3n) is 2.81. The molecule has 0 aliphatic heterocycles. The van der Waals surface area contributed by atoms with Gasteiger partial charge in [0.15, 0.2) is 0 Å². The first-order valence-electron chi connectivity index (χ1n) is 8.27. The van der Waals surface area contributed by atoms with Crippen LogP contribution in [0.3, 0.4) is 0 Å². The van der Waals surface area contributed by atoms with Crippen molar-refractivity contribution >= 4 is 28.6 Å². The SMILES string of the molecule is C=CCCOc1cc(C(=O)O[Si](C)(C)C)ccc1C(=O)O[Si](C)(C)C. The first-order chi connectivity index (χ1) is 11.4. The molecule has 0 bridgehead atoms. The summed E-state index contributed by atoms with van der Waals surface area (Å²) in [6.07, 6.45) is 2.36. The van der Waals surface area contributed by atoms with Gasteiger partial charge in [-0.2, -0.15) is 0 Å². The number of carbonyl (C=O) groups excluding carboxylic acids is 2. The van der Waals surface area contributed by atoms with Gasteiger partial charge < -0.3 is 13.6 Å². The zero-order valence-electron chi connectivity index (χ0n) is 16.0. The summed E-state index contributed by atoms with van der Waals surface area (Å²) in [6, 6.07) is 4.68. The Bertz CT molecular complexity index is 642. The summed E-state index contributed by atoms with van der Waals surface area (Å²) in [6.45, 7) is 15.6. The minimum absolute atomic E-state index is 0.316. The Balaban J connectivity index is 3.13. The van der Waals surface area contributed by atoms with Gasteiger partial charge in [0.2, 0.25) is 16.6 Å². The highest BCUT2D eigenvalue weighted by atomic mass is 28.4. The van der Waals surface area contributed by atoms with E-state index < -0.39 is 28.6 Å². The summed E-state index contributed by atoms with van der Waals surface area (Å²) in [7, 11) is -4.05. The van der Waals surface area contributed by atoms with E-state index in [9.17, 15) is 9.59 Å². The molecule has 138 valence electrons. The van der Waals surface area contributed by atoms with Crippen molar-refractivity contribution in [2.75, 3.05) is 6.61 Å². The van der Waals surface area contributed by atoms with Gasteiger partial charge in [0.1, 0.15) is 11.3 Å². The van der Waals surface area contributed by atoms with Crippen molar-refractivity contribution in [3.05, 3.63) is 42.0 Å². The normalized spacial score (nSPS) is 11.6. The van der Waals surface area contributed by atoms with Crippen molar-refractivity contribution in [3.63, 3.8) is 0 Å². The van der Waals surface area contributed by atoms with Gasteiger partial charge in [0.25, 0.3) is 0 Å². The van der Waals surface area contributed by atoms with Crippen LogP contribution in [-0.2, 0) is 8.85 Å². The van der Waals surface area contributed by atoms with Gasteiger partial charge in [0.05, 0.1) is 12.2 Å². The molecule has 0 fully saturated rings. The van der Waals surface area contributed by atoms with E-state index in [4.69, 9.17) is 13.6 Å². The van der Waals surface area contributed by atoms with Crippen LogP contribution in [0.5, 0.6) is 5.75 Å². The smallest absolute Gasteiger partial charge is 0.328 e. The summed E-state index contributed by atoms with van der Waals surface area (Å²) < 4.78 is 16.7. The second kappa shape index (κ2) is 8.48. The first kappa shape index (κ1) is 21.2. The van der Waals surface area contributed by atoms with Crippen molar-refractivity contribution in [1.82, 2.24) is 0 Å².